The van der Waals surface area contributed by atoms with E-state index in [-0.39, 0.29) is 11.9 Å². The number of nitrogens with zero attached hydrogens (tertiary/aromatic N) is 3. The number of thiazole rings is 1. The molecule has 1 aromatic carbocycles. The van der Waals surface area contributed by atoms with Crippen molar-refractivity contribution < 1.29 is 10.5 Å². The van der Waals surface area contributed by atoms with Crippen molar-refractivity contribution in [1.82, 2.24) is 4.98 Å². The minimum atomic E-state index is -0.299. The van der Waals surface area contributed by atoms with Gasteiger partial charge in [-0.15, -0.1) is 23.1 Å². The molecule has 0 aliphatic carbocycles. The monoisotopic (exact) mass is 333 g/mol. The van der Waals surface area contributed by atoms with Gasteiger partial charge in [0.2, 0.25) is 0 Å². The average Bonchev–Trinajstić information content (AvgIpc) is 3.14. The normalized spacial score (nSPS) is 21.1. The molecule has 3 N–H and O–H groups in total. The number of benzene rings is 1. The fraction of sp³-hybridized carbons (Fsp3) is 0.400. The Bertz CT molecular complexity index is 798. The first kappa shape index (κ1) is 14.2. The van der Waals surface area contributed by atoms with Crippen LogP contribution in [0.1, 0.15) is 17.0 Å². The lowest BCUT2D eigenvalue weighted by Gasteiger charge is -2.27. The molecule has 0 fully saturated rings. The van der Waals surface area contributed by atoms with Gasteiger partial charge in [-0.05, 0) is 30.5 Å². The van der Waals surface area contributed by atoms with Gasteiger partial charge in [0.1, 0.15) is 10.1 Å². The van der Waals surface area contributed by atoms with E-state index in [9.17, 15) is 4.79 Å². The number of hydrogen-bond donors (Lipinski definition) is 1. The van der Waals surface area contributed by atoms with Crippen LogP contribution < -0.4 is 10.6 Å². The highest BCUT2D eigenvalue weighted by Gasteiger charge is 2.28. The molecule has 0 saturated carbocycles. The summed E-state index contributed by atoms with van der Waals surface area (Å²) in [4.78, 5) is 22.9. The third-order valence-electron chi connectivity index (χ3n) is 4.17. The molecule has 0 saturated heterocycles. The number of aromatic nitrogens is 1. The summed E-state index contributed by atoms with van der Waals surface area (Å²) in [7, 11) is 2.15. The maximum atomic E-state index is 11.4. The van der Waals surface area contributed by atoms with Crippen LogP contribution in [0.5, 0.6) is 0 Å². The summed E-state index contributed by atoms with van der Waals surface area (Å²) in [5.74, 6) is 0.580. The van der Waals surface area contributed by atoms with Crippen molar-refractivity contribution in [2.24, 2.45) is 4.99 Å². The molecule has 2 aliphatic heterocycles. The lowest BCUT2D eigenvalue weighted by atomic mass is 10.0. The predicted octanol–water partition coefficient (Wildman–Crippen LogP) is 1.31. The minimum absolute atomic E-state index is 0.109. The predicted molar refractivity (Wildman–Crippen MR) is 91.9 cm³/mol. The molecule has 0 bridgehead atoms. The molecule has 1 amide bonds. The van der Waals surface area contributed by atoms with Crippen LogP contribution in [0.25, 0.3) is 10.2 Å². The quantitative estimate of drug-likeness (QED) is 0.899. The van der Waals surface area contributed by atoms with Crippen LogP contribution in [0, 0.1) is 0 Å². The van der Waals surface area contributed by atoms with Crippen LogP contribution in [0.3, 0.4) is 0 Å². The summed E-state index contributed by atoms with van der Waals surface area (Å²) in [6, 6.07) is 3.97. The third-order valence-corrected chi connectivity index (χ3v) is 6.49. The van der Waals surface area contributed by atoms with E-state index in [1.165, 1.54) is 22.4 Å². The Balaban J connectivity index is 1.79. The number of amides is 1. The Kier molecular flexibility index (Phi) is 3.43. The number of anilines is 1. The van der Waals surface area contributed by atoms with Crippen molar-refractivity contribution in [3.63, 3.8) is 0 Å². The van der Waals surface area contributed by atoms with E-state index >= 15 is 0 Å². The topological polar surface area (TPSA) is 73.2 Å². The molecule has 0 spiro atoms. The SMILES string of the molecule is CN1CCCc2c1ccc1nc(C3=NC(C([NH3+])=O)CS3)sc21. The summed E-state index contributed by atoms with van der Waals surface area (Å²) in [5.41, 5.74) is 7.24. The number of hydrogen-bond acceptors (Lipinski definition) is 6. The van der Waals surface area contributed by atoms with Gasteiger partial charge in [-0.1, -0.05) is 0 Å². The molecule has 5 nitrogen and oxygen atoms in total. The highest BCUT2D eigenvalue weighted by Crippen LogP contribution is 2.37. The average molecular weight is 333 g/mol. The van der Waals surface area contributed by atoms with E-state index in [1.54, 1.807) is 23.1 Å². The molecule has 7 heteroatoms. The molecule has 114 valence electrons. The Hall–Kier alpha value is -1.44. The van der Waals surface area contributed by atoms with Crippen molar-refractivity contribution in [2.75, 3.05) is 24.2 Å². The second kappa shape index (κ2) is 5.33. The van der Waals surface area contributed by atoms with Crippen LogP contribution in [0.15, 0.2) is 17.1 Å². The van der Waals surface area contributed by atoms with Crippen molar-refractivity contribution in [3.05, 3.63) is 22.7 Å². The zero-order valence-electron chi connectivity index (χ0n) is 12.3. The lowest BCUT2D eigenvalue weighted by Crippen LogP contribution is -2.62. The molecule has 2 aromatic rings. The summed E-state index contributed by atoms with van der Waals surface area (Å²) < 4.78 is 1.27. The van der Waals surface area contributed by atoms with Crippen LogP contribution in [-0.4, -0.2) is 41.3 Å². The van der Waals surface area contributed by atoms with Gasteiger partial charge in [-0.3, -0.25) is 10.7 Å². The highest BCUT2D eigenvalue weighted by molar-refractivity contribution is 8.15. The van der Waals surface area contributed by atoms with Gasteiger partial charge in [0.25, 0.3) is 0 Å². The molecule has 1 unspecified atom stereocenters. The zero-order valence-corrected chi connectivity index (χ0v) is 14.0. The summed E-state index contributed by atoms with van der Waals surface area (Å²) in [5, 5.41) is 1.83. The third kappa shape index (κ3) is 2.24. The molecule has 1 atom stereocenters. The number of aliphatic imine (C=N–C) groups is 1. The Labute approximate surface area is 136 Å². The first-order valence-corrected chi connectivity index (χ1v) is 9.14. The van der Waals surface area contributed by atoms with Gasteiger partial charge in [-0.25, -0.2) is 9.78 Å². The van der Waals surface area contributed by atoms with E-state index < -0.39 is 0 Å². The molecule has 4 rings (SSSR count). The van der Waals surface area contributed by atoms with Crippen LogP contribution in [0.2, 0.25) is 0 Å². The van der Waals surface area contributed by atoms with Crippen molar-refractivity contribution in [3.8, 4) is 0 Å². The molecular weight excluding hydrogens is 316 g/mol. The van der Waals surface area contributed by atoms with Crippen molar-refractivity contribution >= 4 is 50.0 Å². The van der Waals surface area contributed by atoms with Gasteiger partial charge < -0.3 is 4.90 Å². The highest BCUT2D eigenvalue weighted by atomic mass is 32.2. The number of quaternary nitrogens is 1. The van der Waals surface area contributed by atoms with Gasteiger partial charge in [0.05, 0.1) is 10.2 Å². The van der Waals surface area contributed by atoms with E-state index in [4.69, 9.17) is 4.98 Å². The van der Waals surface area contributed by atoms with Gasteiger partial charge in [0, 0.05) is 25.0 Å². The second-order valence-electron chi connectivity index (χ2n) is 5.68. The number of carbonyl (C=O) groups is 1. The Morgan fingerprint density at radius 3 is 3.09 bits per heavy atom. The fourth-order valence-electron chi connectivity index (χ4n) is 3.00. The number of fused-ring (bicyclic) bond motifs is 3. The van der Waals surface area contributed by atoms with Gasteiger partial charge >= 0.3 is 5.91 Å². The van der Waals surface area contributed by atoms with E-state index in [1.807, 2.05) is 0 Å². The fourth-order valence-corrected chi connectivity index (χ4v) is 5.27. The standard InChI is InChI=1S/C15H16N4OS2/c1-19-6-2-3-8-11(19)5-4-9-12(8)22-15(17-9)14-18-10(7-21-14)13(16)20/h4-5,10H,2-3,6-7H2,1H3,(H2,16,20)/p+1. The maximum Gasteiger partial charge on any atom is 0.334 e. The molecule has 0 radical (unpaired) electrons. The van der Waals surface area contributed by atoms with Gasteiger partial charge in [0.15, 0.2) is 6.04 Å². The van der Waals surface area contributed by atoms with Crippen LogP contribution in [-0.2, 0) is 11.2 Å². The first-order valence-electron chi connectivity index (χ1n) is 7.34. The van der Waals surface area contributed by atoms with E-state index in [0.29, 0.717) is 5.75 Å². The van der Waals surface area contributed by atoms with Crippen molar-refractivity contribution in [1.29, 1.82) is 0 Å². The summed E-state index contributed by atoms with van der Waals surface area (Å²) >= 11 is 3.32. The molecule has 2 aliphatic rings. The van der Waals surface area contributed by atoms with Gasteiger partial charge in [-0.2, -0.15) is 0 Å². The largest absolute Gasteiger partial charge is 0.374 e. The lowest BCUT2D eigenvalue weighted by molar-refractivity contribution is -0.306. The number of aryl methyl sites for hydroxylation is 1. The smallest absolute Gasteiger partial charge is 0.334 e. The zero-order chi connectivity index (χ0) is 15.3. The maximum absolute atomic E-state index is 11.4. The van der Waals surface area contributed by atoms with Crippen LogP contribution in [0.4, 0.5) is 5.69 Å². The number of carbonyl (C=O) groups excluding carboxylic acids is 1. The summed E-state index contributed by atoms with van der Waals surface area (Å²) in [6.07, 6.45) is 2.29. The number of rotatable bonds is 2. The molecule has 22 heavy (non-hydrogen) atoms. The Morgan fingerprint density at radius 2 is 2.32 bits per heavy atom. The minimum Gasteiger partial charge on any atom is -0.374 e. The Morgan fingerprint density at radius 1 is 1.45 bits per heavy atom. The first-order chi connectivity index (χ1) is 10.6. The van der Waals surface area contributed by atoms with E-state index in [2.05, 4.69) is 34.8 Å². The van der Waals surface area contributed by atoms with E-state index in [0.717, 1.165) is 28.5 Å². The molecular formula is C15H17N4OS2+. The van der Waals surface area contributed by atoms with Crippen molar-refractivity contribution in [2.45, 2.75) is 18.9 Å². The number of thioether (sulfide) groups is 1. The summed E-state index contributed by atoms with van der Waals surface area (Å²) in [6.45, 7) is 1.11. The molecule has 3 heterocycles. The van der Waals surface area contributed by atoms with Crippen LogP contribution >= 0.6 is 23.1 Å². The second-order valence-corrected chi connectivity index (χ2v) is 7.69. The molecule has 1 aromatic heterocycles.